The highest BCUT2D eigenvalue weighted by Gasteiger charge is 2.15. The number of aliphatic hydroxyl groups excluding tert-OH is 1. The van der Waals surface area contributed by atoms with Gasteiger partial charge in [-0.05, 0) is 19.1 Å². The molecule has 2 aromatic heterocycles. The van der Waals surface area contributed by atoms with Crippen LogP contribution in [-0.2, 0) is 6.42 Å². The molecule has 1 atom stereocenters. The molecule has 0 aliphatic rings. The van der Waals surface area contributed by atoms with Gasteiger partial charge in [0.1, 0.15) is 17.6 Å². The zero-order chi connectivity index (χ0) is 11.5. The number of thiazole rings is 1. The third kappa shape index (κ3) is 2.43. The van der Waals surface area contributed by atoms with Crippen LogP contribution >= 0.6 is 11.3 Å². The molecule has 2 heterocycles. The number of hydrogen-bond acceptors (Lipinski definition) is 4. The minimum absolute atomic E-state index is 0.0790. The highest BCUT2D eigenvalue weighted by Crippen LogP contribution is 2.20. The van der Waals surface area contributed by atoms with E-state index in [-0.39, 0.29) is 5.69 Å². The highest BCUT2D eigenvalue weighted by molar-refractivity contribution is 7.09. The van der Waals surface area contributed by atoms with Crippen molar-refractivity contribution >= 4 is 11.3 Å². The van der Waals surface area contributed by atoms with Crippen molar-refractivity contribution in [1.82, 2.24) is 9.97 Å². The van der Waals surface area contributed by atoms with Gasteiger partial charge < -0.3 is 5.11 Å². The SMILES string of the molecule is Cc1csc(CC(O)c2ncccc2F)n1. The van der Waals surface area contributed by atoms with E-state index in [0.29, 0.717) is 6.42 Å². The molecular weight excluding hydrogens is 227 g/mol. The molecular formula is C11H11FN2OS. The molecule has 0 radical (unpaired) electrons. The molecule has 0 amide bonds. The zero-order valence-electron chi connectivity index (χ0n) is 8.72. The lowest BCUT2D eigenvalue weighted by Gasteiger charge is -2.08. The lowest BCUT2D eigenvalue weighted by atomic mass is 10.1. The second-order valence-electron chi connectivity index (χ2n) is 3.47. The average Bonchev–Trinajstić information content (AvgIpc) is 2.64. The first kappa shape index (κ1) is 11.2. The first-order chi connectivity index (χ1) is 7.66. The van der Waals surface area contributed by atoms with E-state index in [2.05, 4.69) is 9.97 Å². The van der Waals surface area contributed by atoms with Gasteiger partial charge in [-0.15, -0.1) is 11.3 Å². The topological polar surface area (TPSA) is 46.0 Å². The maximum absolute atomic E-state index is 13.3. The number of pyridine rings is 1. The molecule has 5 heteroatoms. The third-order valence-corrected chi connectivity index (χ3v) is 3.13. The maximum atomic E-state index is 13.3. The minimum Gasteiger partial charge on any atom is -0.386 e. The summed E-state index contributed by atoms with van der Waals surface area (Å²) in [4.78, 5) is 8.05. The number of aliphatic hydroxyl groups is 1. The number of nitrogens with zero attached hydrogens (tertiary/aromatic N) is 2. The summed E-state index contributed by atoms with van der Waals surface area (Å²) in [7, 11) is 0. The van der Waals surface area contributed by atoms with Gasteiger partial charge in [-0.1, -0.05) is 0 Å². The van der Waals surface area contributed by atoms with Gasteiger partial charge in [0.15, 0.2) is 0 Å². The molecule has 84 valence electrons. The van der Waals surface area contributed by atoms with Crippen molar-refractivity contribution in [3.8, 4) is 0 Å². The normalized spacial score (nSPS) is 12.7. The summed E-state index contributed by atoms with van der Waals surface area (Å²) in [6.45, 7) is 1.88. The Balaban J connectivity index is 2.14. The Hall–Kier alpha value is -1.33. The molecule has 0 aliphatic heterocycles. The Morgan fingerprint density at radius 3 is 3.00 bits per heavy atom. The van der Waals surface area contributed by atoms with Crippen molar-refractivity contribution in [2.45, 2.75) is 19.4 Å². The van der Waals surface area contributed by atoms with Crippen LogP contribution in [0.3, 0.4) is 0 Å². The van der Waals surface area contributed by atoms with E-state index in [0.717, 1.165) is 10.7 Å². The van der Waals surface area contributed by atoms with Gasteiger partial charge in [0.05, 0.1) is 5.01 Å². The molecule has 0 fully saturated rings. The standard InChI is InChI=1S/C11H11FN2OS/c1-7-6-16-10(14-7)5-9(15)11-8(12)3-2-4-13-11/h2-4,6,9,15H,5H2,1H3. The van der Waals surface area contributed by atoms with Gasteiger partial charge in [-0.25, -0.2) is 9.37 Å². The molecule has 0 aliphatic carbocycles. The van der Waals surface area contributed by atoms with E-state index in [1.807, 2.05) is 12.3 Å². The Labute approximate surface area is 96.6 Å². The van der Waals surface area contributed by atoms with Crippen LogP contribution in [0.5, 0.6) is 0 Å². The van der Waals surface area contributed by atoms with Gasteiger partial charge in [0.25, 0.3) is 0 Å². The molecule has 0 spiro atoms. The van der Waals surface area contributed by atoms with Crippen LogP contribution < -0.4 is 0 Å². The fraction of sp³-hybridized carbons (Fsp3) is 0.273. The second kappa shape index (κ2) is 4.67. The van der Waals surface area contributed by atoms with Crippen LogP contribution in [0.15, 0.2) is 23.7 Å². The Bertz CT molecular complexity index is 486. The summed E-state index contributed by atoms with van der Waals surface area (Å²) in [5.74, 6) is -0.483. The van der Waals surface area contributed by atoms with Crippen molar-refractivity contribution in [2.75, 3.05) is 0 Å². The molecule has 0 aromatic carbocycles. The van der Waals surface area contributed by atoms with Crippen LogP contribution in [0.25, 0.3) is 0 Å². The number of rotatable bonds is 3. The predicted molar refractivity (Wildman–Crippen MR) is 59.7 cm³/mol. The van der Waals surface area contributed by atoms with E-state index in [1.54, 1.807) is 0 Å². The summed E-state index contributed by atoms with van der Waals surface area (Å²) in [5.41, 5.74) is 0.990. The van der Waals surface area contributed by atoms with Gasteiger partial charge in [0.2, 0.25) is 0 Å². The van der Waals surface area contributed by atoms with Crippen molar-refractivity contribution in [1.29, 1.82) is 0 Å². The van der Waals surface area contributed by atoms with Crippen molar-refractivity contribution < 1.29 is 9.50 Å². The minimum atomic E-state index is -0.938. The Kier molecular flexibility index (Phi) is 3.26. The predicted octanol–water partition coefficient (Wildman–Crippen LogP) is 2.26. The van der Waals surface area contributed by atoms with E-state index in [1.165, 1.54) is 29.7 Å². The molecule has 3 nitrogen and oxygen atoms in total. The summed E-state index contributed by atoms with van der Waals surface area (Å²) in [6.07, 6.45) is 0.827. The van der Waals surface area contributed by atoms with Crippen LogP contribution in [0, 0.1) is 12.7 Å². The van der Waals surface area contributed by atoms with E-state index >= 15 is 0 Å². The second-order valence-corrected chi connectivity index (χ2v) is 4.42. The molecule has 2 rings (SSSR count). The lowest BCUT2D eigenvalue weighted by Crippen LogP contribution is -2.06. The quantitative estimate of drug-likeness (QED) is 0.892. The molecule has 0 saturated carbocycles. The zero-order valence-corrected chi connectivity index (χ0v) is 9.54. The van der Waals surface area contributed by atoms with E-state index in [9.17, 15) is 9.50 Å². The van der Waals surface area contributed by atoms with Crippen LogP contribution in [0.4, 0.5) is 4.39 Å². The van der Waals surface area contributed by atoms with Crippen LogP contribution in [0.2, 0.25) is 0 Å². The largest absolute Gasteiger partial charge is 0.386 e. The number of hydrogen-bond donors (Lipinski definition) is 1. The molecule has 0 bridgehead atoms. The van der Waals surface area contributed by atoms with Gasteiger partial charge in [-0.3, -0.25) is 4.98 Å². The Morgan fingerprint density at radius 1 is 1.56 bits per heavy atom. The molecule has 1 unspecified atom stereocenters. The fourth-order valence-corrected chi connectivity index (χ4v) is 2.21. The third-order valence-electron chi connectivity index (χ3n) is 2.14. The maximum Gasteiger partial charge on any atom is 0.147 e. The van der Waals surface area contributed by atoms with Gasteiger partial charge in [-0.2, -0.15) is 0 Å². The highest BCUT2D eigenvalue weighted by atomic mass is 32.1. The van der Waals surface area contributed by atoms with Crippen LogP contribution in [-0.4, -0.2) is 15.1 Å². The van der Waals surface area contributed by atoms with Gasteiger partial charge >= 0.3 is 0 Å². The average molecular weight is 238 g/mol. The Morgan fingerprint density at radius 2 is 2.38 bits per heavy atom. The molecule has 16 heavy (non-hydrogen) atoms. The summed E-state index contributed by atoms with van der Waals surface area (Å²) < 4.78 is 13.3. The van der Waals surface area contributed by atoms with E-state index in [4.69, 9.17) is 0 Å². The van der Waals surface area contributed by atoms with E-state index < -0.39 is 11.9 Å². The fourth-order valence-electron chi connectivity index (χ4n) is 1.40. The van der Waals surface area contributed by atoms with Crippen LogP contribution in [0.1, 0.15) is 22.5 Å². The lowest BCUT2D eigenvalue weighted by molar-refractivity contribution is 0.168. The molecule has 0 saturated heterocycles. The number of halogens is 1. The number of aromatic nitrogens is 2. The molecule has 2 aromatic rings. The van der Waals surface area contributed by atoms with Crippen molar-refractivity contribution in [2.24, 2.45) is 0 Å². The molecule has 1 N–H and O–H groups in total. The van der Waals surface area contributed by atoms with Crippen molar-refractivity contribution in [3.05, 3.63) is 45.9 Å². The summed E-state index contributed by atoms with van der Waals surface area (Å²) in [5, 5.41) is 12.5. The first-order valence-electron chi connectivity index (χ1n) is 4.86. The van der Waals surface area contributed by atoms with Gasteiger partial charge in [0, 0.05) is 23.7 Å². The monoisotopic (exact) mass is 238 g/mol. The smallest absolute Gasteiger partial charge is 0.147 e. The number of aryl methyl sites for hydroxylation is 1. The first-order valence-corrected chi connectivity index (χ1v) is 5.74. The van der Waals surface area contributed by atoms with Crippen molar-refractivity contribution in [3.63, 3.8) is 0 Å². The summed E-state index contributed by atoms with van der Waals surface area (Å²) >= 11 is 1.46. The summed E-state index contributed by atoms with van der Waals surface area (Å²) in [6, 6.07) is 2.79.